The molecule has 1 N–H and O–H groups in total. The lowest BCUT2D eigenvalue weighted by Gasteiger charge is -2.16. The van der Waals surface area contributed by atoms with Crippen molar-refractivity contribution in [1.29, 1.82) is 0 Å². The Morgan fingerprint density at radius 3 is 2.54 bits per heavy atom. The van der Waals surface area contributed by atoms with Gasteiger partial charge < -0.3 is 14.8 Å². The van der Waals surface area contributed by atoms with E-state index in [0.717, 1.165) is 16.8 Å². The molecule has 0 spiro atoms. The number of aryl methyl sites for hydroxylation is 1. The summed E-state index contributed by atoms with van der Waals surface area (Å²) in [4.78, 5) is 30.7. The van der Waals surface area contributed by atoms with E-state index in [0.29, 0.717) is 40.7 Å². The maximum atomic E-state index is 13.4. The second-order valence-corrected chi connectivity index (χ2v) is 8.85. The van der Waals surface area contributed by atoms with Crippen molar-refractivity contribution >= 4 is 28.6 Å². The van der Waals surface area contributed by atoms with E-state index < -0.39 is 0 Å². The maximum absolute atomic E-state index is 13.4. The van der Waals surface area contributed by atoms with Gasteiger partial charge in [-0.1, -0.05) is 48.2 Å². The third kappa shape index (κ3) is 5.49. The number of carbonyl (C=O) groups is 1. The first-order chi connectivity index (χ1) is 17.0. The smallest absolute Gasteiger partial charge is 0.266 e. The second-order valence-electron chi connectivity index (χ2n) is 7.91. The van der Waals surface area contributed by atoms with Crippen LogP contribution >= 0.6 is 11.8 Å². The van der Waals surface area contributed by atoms with Gasteiger partial charge in [-0.3, -0.25) is 14.2 Å². The number of rotatable bonds is 9. The van der Waals surface area contributed by atoms with E-state index in [1.165, 1.54) is 11.8 Å². The van der Waals surface area contributed by atoms with Crippen LogP contribution in [0.15, 0.2) is 76.7 Å². The monoisotopic (exact) mass is 489 g/mol. The lowest BCUT2D eigenvalue weighted by molar-refractivity contribution is -0.118. The Hall–Kier alpha value is -3.78. The van der Waals surface area contributed by atoms with Gasteiger partial charge >= 0.3 is 0 Å². The standard InChI is InChI=1S/C27H27N3O4S/c1-18-9-8-12-22(19(18)2)30-26(32)20-10-4-5-11-21(20)29-27(30)35-17-25(31)28-15-16-34-24-14-7-6-13-23(24)33-3/h4-14H,15-17H2,1-3H3,(H,28,31). The number of nitrogens with one attached hydrogen (secondary N) is 1. The second kappa shape index (κ2) is 11.1. The maximum Gasteiger partial charge on any atom is 0.266 e. The SMILES string of the molecule is COc1ccccc1OCCNC(=O)CSc1nc2ccccc2c(=O)n1-c1cccc(C)c1C. The number of benzene rings is 3. The molecule has 4 rings (SSSR count). The molecule has 180 valence electrons. The number of hydrogen-bond donors (Lipinski definition) is 1. The van der Waals surface area contributed by atoms with Gasteiger partial charge in [0, 0.05) is 0 Å². The Bertz CT molecular complexity index is 1420. The summed E-state index contributed by atoms with van der Waals surface area (Å²) < 4.78 is 12.6. The van der Waals surface area contributed by atoms with Crippen molar-refractivity contribution < 1.29 is 14.3 Å². The fourth-order valence-corrected chi connectivity index (χ4v) is 4.51. The number of aromatic nitrogens is 2. The van der Waals surface area contributed by atoms with E-state index in [2.05, 4.69) is 5.32 Å². The highest BCUT2D eigenvalue weighted by molar-refractivity contribution is 7.99. The Morgan fingerprint density at radius 2 is 1.74 bits per heavy atom. The van der Waals surface area contributed by atoms with Crippen molar-refractivity contribution in [3.8, 4) is 17.2 Å². The van der Waals surface area contributed by atoms with Crippen LogP contribution in [-0.4, -0.2) is 41.5 Å². The average molecular weight is 490 g/mol. The molecule has 0 radical (unpaired) electrons. The van der Waals surface area contributed by atoms with E-state index >= 15 is 0 Å². The van der Waals surface area contributed by atoms with Crippen molar-refractivity contribution in [2.75, 3.05) is 26.0 Å². The van der Waals surface area contributed by atoms with Gasteiger partial charge in [0.25, 0.3) is 5.56 Å². The lowest BCUT2D eigenvalue weighted by atomic mass is 10.1. The molecule has 1 aromatic heterocycles. The van der Waals surface area contributed by atoms with Gasteiger partial charge in [-0.05, 0) is 55.3 Å². The number of thioether (sulfide) groups is 1. The molecule has 0 atom stereocenters. The number of hydrogen-bond acceptors (Lipinski definition) is 6. The molecule has 0 aliphatic carbocycles. The fraction of sp³-hybridized carbons (Fsp3) is 0.222. The summed E-state index contributed by atoms with van der Waals surface area (Å²) in [5, 5.41) is 3.86. The van der Waals surface area contributed by atoms with Crippen molar-refractivity contribution in [3.63, 3.8) is 0 Å². The molecule has 0 saturated heterocycles. The number of amides is 1. The molecule has 7 nitrogen and oxygen atoms in total. The number of nitrogens with zero attached hydrogens (tertiary/aromatic N) is 2. The molecule has 0 aliphatic heterocycles. The molecular weight excluding hydrogens is 462 g/mol. The zero-order chi connectivity index (χ0) is 24.8. The van der Waals surface area contributed by atoms with E-state index in [1.807, 2.05) is 74.5 Å². The Balaban J connectivity index is 1.48. The van der Waals surface area contributed by atoms with Crippen LogP contribution in [-0.2, 0) is 4.79 Å². The minimum absolute atomic E-state index is 0.115. The summed E-state index contributed by atoms with van der Waals surface area (Å²) in [6.45, 7) is 4.63. The summed E-state index contributed by atoms with van der Waals surface area (Å²) in [6.07, 6.45) is 0. The van der Waals surface area contributed by atoms with Gasteiger partial charge in [-0.25, -0.2) is 4.98 Å². The Kier molecular flexibility index (Phi) is 7.72. The van der Waals surface area contributed by atoms with Crippen LogP contribution in [0.5, 0.6) is 11.5 Å². The molecular formula is C27H27N3O4S. The summed E-state index contributed by atoms with van der Waals surface area (Å²) in [5.74, 6) is 1.20. The first-order valence-corrected chi connectivity index (χ1v) is 12.2. The summed E-state index contributed by atoms with van der Waals surface area (Å²) in [7, 11) is 1.58. The van der Waals surface area contributed by atoms with E-state index in [1.54, 1.807) is 17.7 Å². The van der Waals surface area contributed by atoms with Crippen LogP contribution in [0, 0.1) is 13.8 Å². The van der Waals surface area contributed by atoms with E-state index in [-0.39, 0.29) is 17.2 Å². The highest BCUT2D eigenvalue weighted by atomic mass is 32.2. The van der Waals surface area contributed by atoms with Gasteiger partial charge in [0.2, 0.25) is 5.91 Å². The quantitative estimate of drug-likeness (QED) is 0.214. The molecule has 0 aliphatic rings. The van der Waals surface area contributed by atoms with E-state index in [4.69, 9.17) is 14.5 Å². The molecule has 0 unspecified atom stereocenters. The molecule has 1 amide bonds. The molecule has 0 fully saturated rings. The number of fused-ring (bicyclic) bond motifs is 1. The Labute approximate surface area is 208 Å². The average Bonchev–Trinajstić information content (AvgIpc) is 2.88. The Morgan fingerprint density at radius 1 is 1.00 bits per heavy atom. The summed E-state index contributed by atoms with van der Waals surface area (Å²) in [6, 6.07) is 20.4. The van der Waals surface area contributed by atoms with Gasteiger partial charge in [0.05, 0.1) is 36.0 Å². The molecule has 0 bridgehead atoms. The van der Waals surface area contributed by atoms with Crippen LogP contribution in [0.3, 0.4) is 0 Å². The first-order valence-electron chi connectivity index (χ1n) is 11.2. The topological polar surface area (TPSA) is 82.5 Å². The number of carbonyl (C=O) groups excluding carboxylic acids is 1. The van der Waals surface area contributed by atoms with Crippen molar-refractivity contribution in [1.82, 2.24) is 14.9 Å². The van der Waals surface area contributed by atoms with Crippen molar-refractivity contribution in [2.24, 2.45) is 0 Å². The van der Waals surface area contributed by atoms with Gasteiger partial charge in [0.1, 0.15) is 6.61 Å². The highest BCUT2D eigenvalue weighted by Crippen LogP contribution is 2.26. The largest absolute Gasteiger partial charge is 0.493 e. The fourth-order valence-electron chi connectivity index (χ4n) is 3.67. The van der Waals surface area contributed by atoms with Gasteiger partial charge in [0.15, 0.2) is 16.7 Å². The minimum Gasteiger partial charge on any atom is -0.493 e. The number of para-hydroxylation sites is 3. The van der Waals surface area contributed by atoms with Crippen LogP contribution in [0.2, 0.25) is 0 Å². The third-order valence-corrected chi connectivity index (χ3v) is 6.58. The van der Waals surface area contributed by atoms with Crippen LogP contribution in [0.25, 0.3) is 16.6 Å². The molecule has 8 heteroatoms. The minimum atomic E-state index is -0.173. The zero-order valence-corrected chi connectivity index (χ0v) is 20.7. The molecule has 3 aromatic carbocycles. The highest BCUT2D eigenvalue weighted by Gasteiger charge is 2.16. The van der Waals surface area contributed by atoms with Gasteiger partial charge in [-0.2, -0.15) is 0 Å². The van der Waals surface area contributed by atoms with Crippen molar-refractivity contribution in [2.45, 2.75) is 19.0 Å². The first kappa shape index (κ1) is 24.3. The predicted octanol–water partition coefficient (Wildman–Crippen LogP) is 4.30. The normalized spacial score (nSPS) is 10.8. The van der Waals surface area contributed by atoms with Crippen LogP contribution < -0.4 is 20.3 Å². The predicted molar refractivity (Wildman–Crippen MR) is 139 cm³/mol. The van der Waals surface area contributed by atoms with Crippen LogP contribution in [0.1, 0.15) is 11.1 Å². The summed E-state index contributed by atoms with van der Waals surface area (Å²) >= 11 is 1.23. The van der Waals surface area contributed by atoms with E-state index in [9.17, 15) is 9.59 Å². The molecule has 0 saturated carbocycles. The van der Waals surface area contributed by atoms with Crippen molar-refractivity contribution in [3.05, 3.63) is 88.2 Å². The zero-order valence-electron chi connectivity index (χ0n) is 19.9. The number of ether oxygens (including phenoxy) is 2. The molecule has 4 aromatic rings. The lowest BCUT2D eigenvalue weighted by Crippen LogP contribution is -2.30. The summed E-state index contributed by atoms with van der Waals surface area (Å²) in [5.41, 5.74) is 3.28. The third-order valence-electron chi connectivity index (χ3n) is 5.65. The van der Waals surface area contributed by atoms with Gasteiger partial charge in [-0.15, -0.1) is 0 Å². The molecule has 35 heavy (non-hydrogen) atoms. The number of methoxy groups -OCH3 is 1. The molecule has 1 heterocycles. The van der Waals surface area contributed by atoms with Crippen LogP contribution in [0.4, 0.5) is 0 Å².